The number of benzene rings is 1. The van der Waals surface area contributed by atoms with Crippen LogP contribution in [-0.4, -0.2) is 31.8 Å². The summed E-state index contributed by atoms with van der Waals surface area (Å²) in [6, 6.07) is 7.23. The number of fused-ring (bicyclic) bond motifs is 1. The van der Waals surface area contributed by atoms with Gasteiger partial charge in [-0.2, -0.15) is 0 Å². The van der Waals surface area contributed by atoms with Crippen LogP contribution in [0.2, 0.25) is 5.02 Å². The van der Waals surface area contributed by atoms with Gasteiger partial charge in [-0.3, -0.25) is 13.9 Å². The van der Waals surface area contributed by atoms with Crippen LogP contribution in [0.25, 0.3) is 22.6 Å². The second kappa shape index (κ2) is 10.5. The Morgan fingerprint density at radius 2 is 1.57 bits per heavy atom. The van der Waals surface area contributed by atoms with Gasteiger partial charge in [0.25, 0.3) is 5.56 Å². The first-order valence-electron chi connectivity index (χ1n) is 9.00. The summed E-state index contributed by atoms with van der Waals surface area (Å²) < 4.78 is 4.31. The van der Waals surface area contributed by atoms with Gasteiger partial charge in [0.15, 0.2) is 11.2 Å². The normalized spacial score (nSPS) is 10.4. The molecule has 0 spiro atoms. The van der Waals surface area contributed by atoms with E-state index < -0.39 is 0 Å². The summed E-state index contributed by atoms with van der Waals surface area (Å²) in [7, 11) is 3.09. The predicted molar refractivity (Wildman–Crippen MR) is 118 cm³/mol. The van der Waals surface area contributed by atoms with Gasteiger partial charge in [-0.25, -0.2) is 9.78 Å². The molecule has 9 heteroatoms. The van der Waals surface area contributed by atoms with Crippen molar-refractivity contribution < 1.29 is 0 Å². The van der Waals surface area contributed by atoms with Crippen molar-refractivity contribution in [3.63, 3.8) is 0 Å². The maximum absolute atomic E-state index is 12.4. The summed E-state index contributed by atoms with van der Waals surface area (Å²) in [4.78, 5) is 29.0. The zero-order chi connectivity index (χ0) is 20.1. The van der Waals surface area contributed by atoms with Gasteiger partial charge in [-0.05, 0) is 44.3 Å². The lowest BCUT2D eigenvalue weighted by atomic mass is 10.2. The SMILES string of the molecule is CCNCC.CCn1c(-c2ccc(Cl)cc2)nc2c1c(=O)n(C)c(=O)n2C.Cl. The molecule has 0 atom stereocenters. The summed E-state index contributed by atoms with van der Waals surface area (Å²) in [5, 5.41) is 3.74. The predicted octanol–water partition coefficient (Wildman–Crippen LogP) is 2.81. The molecule has 0 fully saturated rings. The molecule has 28 heavy (non-hydrogen) atoms. The molecule has 0 aliphatic rings. The van der Waals surface area contributed by atoms with E-state index in [0.29, 0.717) is 28.6 Å². The highest BCUT2D eigenvalue weighted by molar-refractivity contribution is 6.30. The van der Waals surface area contributed by atoms with Crippen molar-refractivity contribution in [2.75, 3.05) is 13.1 Å². The van der Waals surface area contributed by atoms with Crippen molar-refractivity contribution in [3.05, 3.63) is 50.1 Å². The molecule has 7 nitrogen and oxygen atoms in total. The molecule has 3 rings (SSSR count). The largest absolute Gasteiger partial charge is 0.332 e. The molecule has 0 saturated heterocycles. The molecular formula is C19H27Cl2N5O2. The van der Waals surface area contributed by atoms with E-state index in [1.165, 1.54) is 11.6 Å². The van der Waals surface area contributed by atoms with E-state index in [2.05, 4.69) is 24.1 Å². The molecule has 0 amide bonds. The molecule has 0 aliphatic heterocycles. The molecule has 154 valence electrons. The van der Waals surface area contributed by atoms with Gasteiger partial charge in [0, 0.05) is 31.2 Å². The van der Waals surface area contributed by atoms with Gasteiger partial charge in [0.2, 0.25) is 0 Å². The summed E-state index contributed by atoms with van der Waals surface area (Å²) >= 11 is 5.92. The van der Waals surface area contributed by atoms with Crippen LogP contribution in [0.5, 0.6) is 0 Å². The highest BCUT2D eigenvalue weighted by Gasteiger charge is 2.18. The molecule has 0 unspecified atom stereocenters. The Morgan fingerprint density at radius 1 is 1.00 bits per heavy atom. The lowest BCUT2D eigenvalue weighted by molar-refractivity contribution is 0.700. The van der Waals surface area contributed by atoms with Gasteiger partial charge in [0.05, 0.1) is 0 Å². The minimum atomic E-state index is -0.388. The Morgan fingerprint density at radius 3 is 2.04 bits per heavy atom. The number of nitrogens with one attached hydrogen (secondary N) is 1. The van der Waals surface area contributed by atoms with Crippen LogP contribution in [0.3, 0.4) is 0 Å². The minimum absolute atomic E-state index is 0. The molecule has 0 saturated carbocycles. The van der Waals surface area contributed by atoms with Crippen LogP contribution < -0.4 is 16.6 Å². The molecule has 1 aromatic carbocycles. The number of imidazole rings is 1. The molecule has 0 bridgehead atoms. The van der Waals surface area contributed by atoms with E-state index in [9.17, 15) is 9.59 Å². The van der Waals surface area contributed by atoms with Crippen LogP contribution in [0.4, 0.5) is 0 Å². The molecule has 0 aliphatic carbocycles. The lowest BCUT2D eigenvalue weighted by Crippen LogP contribution is -2.37. The second-order valence-corrected chi connectivity index (χ2v) is 6.46. The number of hydrogen-bond donors (Lipinski definition) is 1. The Labute approximate surface area is 175 Å². The lowest BCUT2D eigenvalue weighted by Gasteiger charge is -2.06. The Bertz CT molecular complexity index is 1030. The maximum Gasteiger partial charge on any atom is 0.332 e. The second-order valence-electron chi connectivity index (χ2n) is 6.02. The Balaban J connectivity index is 0.000000584. The zero-order valence-corrected chi connectivity index (χ0v) is 18.4. The summed E-state index contributed by atoms with van der Waals surface area (Å²) in [5.41, 5.74) is 0.933. The summed E-state index contributed by atoms with van der Waals surface area (Å²) in [5.74, 6) is 0.646. The van der Waals surface area contributed by atoms with E-state index in [1.807, 2.05) is 23.6 Å². The van der Waals surface area contributed by atoms with Crippen LogP contribution in [0.1, 0.15) is 20.8 Å². The Kier molecular flexibility index (Phi) is 8.94. The first-order valence-corrected chi connectivity index (χ1v) is 9.37. The fraction of sp³-hybridized carbons (Fsp3) is 0.421. The first kappa shape index (κ1) is 23.9. The number of aryl methyl sites for hydroxylation is 2. The topological polar surface area (TPSA) is 73.8 Å². The summed E-state index contributed by atoms with van der Waals surface area (Å²) in [6.45, 7) is 8.90. The highest BCUT2D eigenvalue weighted by Crippen LogP contribution is 2.23. The van der Waals surface area contributed by atoms with Crippen molar-refractivity contribution in [1.82, 2.24) is 24.0 Å². The van der Waals surface area contributed by atoms with E-state index in [-0.39, 0.29) is 23.7 Å². The van der Waals surface area contributed by atoms with E-state index >= 15 is 0 Å². The third-order valence-corrected chi connectivity index (χ3v) is 4.52. The van der Waals surface area contributed by atoms with Crippen molar-refractivity contribution >= 4 is 35.2 Å². The summed E-state index contributed by atoms with van der Waals surface area (Å²) in [6.07, 6.45) is 0. The number of hydrogen-bond acceptors (Lipinski definition) is 4. The van der Waals surface area contributed by atoms with E-state index in [0.717, 1.165) is 23.2 Å². The third-order valence-electron chi connectivity index (χ3n) is 4.27. The van der Waals surface area contributed by atoms with Gasteiger partial charge < -0.3 is 9.88 Å². The highest BCUT2D eigenvalue weighted by atomic mass is 35.5. The molecule has 2 heterocycles. The Hall–Kier alpha value is -2.09. The van der Waals surface area contributed by atoms with Gasteiger partial charge in [0.1, 0.15) is 5.82 Å². The minimum Gasteiger partial charge on any atom is -0.318 e. The monoisotopic (exact) mass is 427 g/mol. The quantitative estimate of drug-likeness (QED) is 0.694. The maximum atomic E-state index is 12.4. The van der Waals surface area contributed by atoms with Crippen molar-refractivity contribution in [1.29, 1.82) is 0 Å². The zero-order valence-electron chi connectivity index (χ0n) is 16.8. The number of halogens is 2. The van der Waals surface area contributed by atoms with Gasteiger partial charge >= 0.3 is 5.69 Å². The standard InChI is InChI=1S/C15H15ClN4O2.C4H11N.ClH/c1-4-20-11-13(18(2)15(22)19(3)14(11)21)17-12(20)9-5-7-10(16)8-6-9;1-3-5-4-2;/h5-8H,4H2,1-3H3;5H,3-4H2,1-2H3;1H. The van der Waals surface area contributed by atoms with Crippen molar-refractivity contribution in [2.45, 2.75) is 27.3 Å². The number of aromatic nitrogens is 4. The average molecular weight is 428 g/mol. The fourth-order valence-electron chi connectivity index (χ4n) is 2.82. The molecular weight excluding hydrogens is 401 g/mol. The van der Waals surface area contributed by atoms with Crippen LogP contribution >= 0.6 is 24.0 Å². The smallest absolute Gasteiger partial charge is 0.318 e. The first-order chi connectivity index (χ1) is 12.9. The number of rotatable bonds is 4. The van der Waals surface area contributed by atoms with Crippen LogP contribution in [0, 0.1) is 0 Å². The third kappa shape index (κ3) is 4.66. The average Bonchev–Trinajstić information content (AvgIpc) is 3.06. The van der Waals surface area contributed by atoms with Crippen LogP contribution in [-0.2, 0) is 20.6 Å². The molecule has 3 aromatic rings. The van der Waals surface area contributed by atoms with E-state index in [1.54, 1.807) is 19.2 Å². The molecule has 1 N–H and O–H groups in total. The molecule has 2 aromatic heterocycles. The van der Waals surface area contributed by atoms with E-state index in [4.69, 9.17) is 11.6 Å². The fourth-order valence-corrected chi connectivity index (χ4v) is 2.95. The van der Waals surface area contributed by atoms with Gasteiger partial charge in [-0.15, -0.1) is 12.4 Å². The van der Waals surface area contributed by atoms with Crippen LogP contribution in [0.15, 0.2) is 33.9 Å². The van der Waals surface area contributed by atoms with Crippen molar-refractivity contribution in [2.24, 2.45) is 14.1 Å². The molecule has 0 radical (unpaired) electrons. The van der Waals surface area contributed by atoms with Gasteiger partial charge in [-0.1, -0.05) is 25.4 Å². The van der Waals surface area contributed by atoms with Crippen molar-refractivity contribution in [3.8, 4) is 11.4 Å². The number of nitrogens with zero attached hydrogens (tertiary/aromatic N) is 4.